The third-order valence-corrected chi connectivity index (χ3v) is 4.66. The van der Waals surface area contributed by atoms with Gasteiger partial charge >= 0.3 is 0 Å². The van der Waals surface area contributed by atoms with Gasteiger partial charge in [0.2, 0.25) is 4.96 Å². The van der Waals surface area contributed by atoms with E-state index in [1.165, 1.54) is 29.9 Å². The summed E-state index contributed by atoms with van der Waals surface area (Å²) in [4.78, 5) is 0.755. The van der Waals surface area contributed by atoms with Crippen LogP contribution < -0.4 is 5.73 Å². The fraction of sp³-hybridized carbons (Fsp3) is 0.308. The van der Waals surface area contributed by atoms with E-state index in [-0.39, 0.29) is 5.82 Å². The minimum Gasteiger partial charge on any atom is -0.398 e. The third-order valence-electron chi connectivity index (χ3n) is 3.73. The van der Waals surface area contributed by atoms with E-state index in [1.54, 1.807) is 10.6 Å². The number of hydrogen-bond acceptors (Lipinski definition) is 5. The fourth-order valence-corrected chi connectivity index (χ4v) is 3.28. The van der Waals surface area contributed by atoms with Gasteiger partial charge < -0.3 is 5.73 Å². The summed E-state index contributed by atoms with van der Waals surface area (Å²) in [6.45, 7) is 0. The predicted molar refractivity (Wildman–Crippen MR) is 75.1 cm³/mol. The minimum atomic E-state index is -0.343. The molecule has 0 atom stereocenters. The molecule has 1 aliphatic carbocycles. The Bertz CT molecular complexity index is 789. The summed E-state index contributed by atoms with van der Waals surface area (Å²) >= 11 is 1.42. The topological polar surface area (TPSA) is 69.1 Å². The number of anilines is 1. The lowest BCUT2D eigenvalue weighted by Crippen LogP contribution is -2.13. The Balaban J connectivity index is 1.82. The van der Waals surface area contributed by atoms with Crippen molar-refractivity contribution >= 4 is 22.0 Å². The van der Waals surface area contributed by atoms with E-state index in [9.17, 15) is 4.39 Å². The molecular formula is C13H12FN5S. The lowest BCUT2D eigenvalue weighted by molar-refractivity contribution is 0.395. The molecule has 3 aromatic rings. The van der Waals surface area contributed by atoms with E-state index in [2.05, 4.69) is 15.3 Å². The minimum absolute atomic E-state index is 0.343. The van der Waals surface area contributed by atoms with Gasteiger partial charge in [0.25, 0.3) is 0 Å². The number of nitrogen functional groups attached to an aromatic ring is 1. The SMILES string of the molecule is Nc1cc(F)ccc1-c1nn2c(C3CCC3)nnc2s1. The van der Waals surface area contributed by atoms with Gasteiger partial charge in [-0.05, 0) is 31.0 Å². The molecule has 1 fully saturated rings. The van der Waals surface area contributed by atoms with E-state index in [1.807, 2.05) is 0 Å². The van der Waals surface area contributed by atoms with Crippen molar-refractivity contribution in [1.29, 1.82) is 0 Å². The van der Waals surface area contributed by atoms with Gasteiger partial charge in [-0.3, -0.25) is 0 Å². The standard InChI is InChI=1S/C13H12FN5S/c14-8-4-5-9(10(15)6-8)12-18-19-11(7-2-1-3-7)16-17-13(19)20-12/h4-7H,1-3,15H2. The van der Waals surface area contributed by atoms with Gasteiger partial charge in [-0.2, -0.15) is 9.61 Å². The highest BCUT2D eigenvalue weighted by Crippen LogP contribution is 2.37. The molecule has 2 aromatic heterocycles. The molecule has 5 nitrogen and oxygen atoms in total. The van der Waals surface area contributed by atoms with Crippen molar-refractivity contribution in [3.05, 3.63) is 29.8 Å². The van der Waals surface area contributed by atoms with E-state index >= 15 is 0 Å². The first kappa shape index (κ1) is 11.8. The summed E-state index contributed by atoms with van der Waals surface area (Å²) in [5.41, 5.74) is 6.99. The van der Waals surface area contributed by atoms with Crippen molar-refractivity contribution in [3.63, 3.8) is 0 Å². The van der Waals surface area contributed by atoms with Crippen LogP contribution in [0.15, 0.2) is 18.2 Å². The number of benzene rings is 1. The lowest BCUT2D eigenvalue weighted by atomic mass is 9.85. The molecule has 4 rings (SSSR count). The number of hydrogen-bond donors (Lipinski definition) is 1. The van der Waals surface area contributed by atoms with Crippen molar-refractivity contribution in [2.75, 3.05) is 5.73 Å². The number of aromatic nitrogens is 4. The third kappa shape index (κ3) is 1.70. The smallest absolute Gasteiger partial charge is 0.234 e. The summed E-state index contributed by atoms with van der Waals surface area (Å²) in [7, 11) is 0. The molecule has 0 radical (unpaired) electrons. The second-order valence-corrected chi connectivity index (χ2v) is 5.98. The molecule has 20 heavy (non-hydrogen) atoms. The number of nitrogens with zero attached hydrogens (tertiary/aromatic N) is 4. The van der Waals surface area contributed by atoms with Crippen LogP contribution in [0.3, 0.4) is 0 Å². The lowest BCUT2D eigenvalue weighted by Gasteiger charge is -2.22. The first-order valence-corrected chi connectivity index (χ1v) is 7.31. The highest BCUT2D eigenvalue weighted by Gasteiger charge is 2.26. The van der Waals surface area contributed by atoms with Crippen LogP contribution in [0.1, 0.15) is 31.0 Å². The van der Waals surface area contributed by atoms with Crippen molar-refractivity contribution in [2.45, 2.75) is 25.2 Å². The highest BCUT2D eigenvalue weighted by atomic mass is 32.1. The average Bonchev–Trinajstić information content (AvgIpc) is 2.89. The predicted octanol–water partition coefficient (Wildman–Crippen LogP) is 2.84. The van der Waals surface area contributed by atoms with Crippen LogP contribution in [0.5, 0.6) is 0 Å². The Morgan fingerprint density at radius 2 is 2.15 bits per heavy atom. The zero-order valence-corrected chi connectivity index (χ0v) is 11.4. The van der Waals surface area contributed by atoms with Crippen molar-refractivity contribution < 1.29 is 4.39 Å². The van der Waals surface area contributed by atoms with E-state index in [0.717, 1.165) is 34.2 Å². The summed E-state index contributed by atoms with van der Waals surface area (Å²) in [6.07, 6.45) is 3.53. The van der Waals surface area contributed by atoms with Gasteiger partial charge in [-0.15, -0.1) is 10.2 Å². The van der Waals surface area contributed by atoms with Gasteiger partial charge in [0, 0.05) is 17.2 Å². The molecular weight excluding hydrogens is 277 g/mol. The number of fused-ring (bicyclic) bond motifs is 1. The second-order valence-electron chi connectivity index (χ2n) is 5.02. The monoisotopic (exact) mass is 289 g/mol. The van der Waals surface area contributed by atoms with E-state index in [4.69, 9.17) is 5.73 Å². The molecule has 1 saturated carbocycles. The molecule has 2 heterocycles. The molecule has 0 unspecified atom stereocenters. The largest absolute Gasteiger partial charge is 0.398 e. The van der Waals surface area contributed by atoms with Gasteiger partial charge in [0.15, 0.2) is 5.82 Å². The Kier molecular flexibility index (Phi) is 2.50. The molecule has 2 N–H and O–H groups in total. The van der Waals surface area contributed by atoms with Gasteiger partial charge in [-0.1, -0.05) is 17.8 Å². The van der Waals surface area contributed by atoms with E-state index < -0.39 is 0 Å². The molecule has 0 saturated heterocycles. The Hall–Kier alpha value is -2.02. The highest BCUT2D eigenvalue weighted by molar-refractivity contribution is 7.19. The van der Waals surface area contributed by atoms with Gasteiger partial charge in [0.1, 0.15) is 10.8 Å². The van der Waals surface area contributed by atoms with Gasteiger partial charge in [-0.25, -0.2) is 4.39 Å². The molecule has 0 aliphatic heterocycles. The van der Waals surface area contributed by atoms with Crippen molar-refractivity contribution in [3.8, 4) is 10.6 Å². The van der Waals surface area contributed by atoms with Gasteiger partial charge in [0.05, 0.1) is 0 Å². The van der Waals surface area contributed by atoms with Crippen LogP contribution >= 0.6 is 11.3 Å². The summed E-state index contributed by atoms with van der Waals surface area (Å²) in [5, 5.41) is 13.7. The fourth-order valence-electron chi connectivity index (χ4n) is 2.39. The van der Waals surface area contributed by atoms with Crippen LogP contribution in [-0.4, -0.2) is 19.8 Å². The van der Waals surface area contributed by atoms with Crippen LogP contribution in [0, 0.1) is 5.82 Å². The molecule has 0 bridgehead atoms. The molecule has 0 spiro atoms. The zero-order valence-electron chi connectivity index (χ0n) is 10.6. The molecule has 7 heteroatoms. The zero-order chi connectivity index (χ0) is 13.7. The normalized spacial score (nSPS) is 15.7. The number of rotatable bonds is 2. The quantitative estimate of drug-likeness (QED) is 0.736. The first-order chi connectivity index (χ1) is 9.72. The van der Waals surface area contributed by atoms with E-state index in [0.29, 0.717) is 11.6 Å². The first-order valence-electron chi connectivity index (χ1n) is 6.50. The molecule has 0 amide bonds. The van der Waals surface area contributed by atoms with Crippen LogP contribution in [0.25, 0.3) is 15.5 Å². The molecule has 1 aliphatic rings. The Labute approximate surface area is 118 Å². The summed E-state index contributed by atoms with van der Waals surface area (Å²) in [5.74, 6) is 1.05. The second kappa shape index (κ2) is 4.24. The molecule has 1 aromatic carbocycles. The average molecular weight is 289 g/mol. The molecule has 102 valence electrons. The maximum atomic E-state index is 13.1. The maximum Gasteiger partial charge on any atom is 0.234 e. The Morgan fingerprint density at radius 1 is 1.30 bits per heavy atom. The Morgan fingerprint density at radius 3 is 2.85 bits per heavy atom. The summed E-state index contributed by atoms with van der Waals surface area (Å²) < 4.78 is 14.9. The van der Waals surface area contributed by atoms with Crippen LogP contribution in [0.4, 0.5) is 10.1 Å². The van der Waals surface area contributed by atoms with Crippen LogP contribution in [-0.2, 0) is 0 Å². The maximum absolute atomic E-state index is 13.1. The number of nitrogens with two attached hydrogens (primary N) is 1. The van der Waals surface area contributed by atoms with Crippen LogP contribution in [0.2, 0.25) is 0 Å². The number of halogens is 1. The van der Waals surface area contributed by atoms with Crippen molar-refractivity contribution in [1.82, 2.24) is 19.8 Å². The summed E-state index contributed by atoms with van der Waals surface area (Å²) in [6, 6.07) is 4.35. The van der Waals surface area contributed by atoms with Crippen molar-refractivity contribution in [2.24, 2.45) is 0 Å².